The highest BCUT2D eigenvalue weighted by Crippen LogP contribution is 2.17. The fraction of sp³-hybridized carbons (Fsp3) is 0.727. The first-order valence-electron chi connectivity index (χ1n) is 5.55. The Kier molecular flexibility index (Phi) is 6.37. The molecule has 1 fully saturated rings. The van der Waals surface area contributed by atoms with Crippen molar-refractivity contribution >= 4 is 17.7 Å². The number of carbonyl (C=O) groups is 3. The van der Waals surface area contributed by atoms with Gasteiger partial charge >= 0.3 is 11.9 Å². The Morgan fingerprint density at radius 1 is 1.12 bits per heavy atom. The molecule has 0 saturated carbocycles. The van der Waals surface area contributed by atoms with E-state index in [4.69, 9.17) is 5.11 Å². The van der Waals surface area contributed by atoms with Crippen LogP contribution in [0.2, 0.25) is 0 Å². The van der Waals surface area contributed by atoms with Gasteiger partial charge in [-0.3, -0.25) is 9.59 Å². The number of amides is 1. The van der Waals surface area contributed by atoms with Gasteiger partial charge in [-0.15, -0.1) is 0 Å². The van der Waals surface area contributed by atoms with Crippen LogP contribution in [0.3, 0.4) is 0 Å². The number of carboxylic acids is 1. The maximum Gasteiger partial charge on any atom is 0.394 e. The van der Waals surface area contributed by atoms with Gasteiger partial charge in [-0.05, 0) is 19.8 Å². The van der Waals surface area contributed by atoms with E-state index < -0.39 is 11.9 Å². The first kappa shape index (κ1) is 14.6. The lowest BCUT2D eigenvalue weighted by molar-refractivity contribution is -0.156. The van der Waals surface area contributed by atoms with Crippen LogP contribution < -0.4 is 0 Å². The number of likely N-dealkylation sites (tertiary alicyclic amines) is 1. The number of ketones is 1. The fourth-order valence-corrected chi connectivity index (χ4v) is 1.62. The van der Waals surface area contributed by atoms with E-state index >= 15 is 0 Å². The van der Waals surface area contributed by atoms with Gasteiger partial charge < -0.3 is 10.0 Å². The monoisotopic (exact) mass is 229 g/mol. The van der Waals surface area contributed by atoms with Gasteiger partial charge in [0.25, 0.3) is 0 Å². The smallest absolute Gasteiger partial charge is 0.394 e. The molecular weight excluding hydrogens is 210 g/mol. The molecule has 1 amide bonds. The first-order chi connectivity index (χ1) is 7.52. The van der Waals surface area contributed by atoms with E-state index in [1.807, 2.05) is 13.8 Å². The molecule has 0 aliphatic carbocycles. The number of hydrogen-bond acceptors (Lipinski definition) is 3. The van der Waals surface area contributed by atoms with E-state index in [-0.39, 0.29) is 11.7 Å². The third-order valence-electron chi connectivity index (χ3n) is 2.54. The van der Waals surface area contributed by atoms with Gasteiger partial charge in [0.15, 0.2) is 0 Å². The summed E-state index contributed by atoms with van der Waals surface area (Å²) in [5, 5.41) is 8.45. The number of nitrogens with zero attached hydrogens (tertiary/aromatic N) is 1. The summed E-state index contributed by atoms with van der Waals surface area (Å²) in [6.45, 7) is 6.27. The molecule has 0 spiro atoms. The highest BCUT2D eigenvalue weighted by molar-refractivity contribution is 6.31. The summed E-state index contributed by atoms with van der Waals surface area (Å²) in [7, 11) is 0. The summed E-state index contributed by atoms with van der Waals surface area (Å²) in [5.41, 5.74) is 0. The van der Waals surface area contributed by atoms with Gasteiger partial charge in [-0.25, -0.2) is 4.79 Å². The zero-order valence-corrected chi connectivity index (χ0v) is 10.0. The number of piperidine rings is 1. The second-order valence-electron chi connectivity index (χ2n) is 3.48. The molecule has 16 heavy (non-hydrogen) atoms. The van der Waals surface area contributed by atoms with E-state index in [2.05, 4.69) is 0 Å². The van der Waals surface area contributed by atoms with Crippen molar-refractivity contribution in [2.75, 3.05) is 13.1 Å². The van der Waals surface area contributed by atoms with Gasteiger partial charge in [0.2, 0.25) is 0 Å². The summed E-state index contributed by atoms with van der Waals surface area (Å²) in [6, 6.07) is 0. The molecule has 1 rings (SSSR count). The Balaban J connectivity index is 0.00000106. The van der Waals surface area contributed by atoms with Crippen molar-refractivity contribution in [1.29, 1.82) is 0 Å². The molecule has 1 aliphatic heterocycles. The van der Waals surface area contributed by atoms with Crippen molar-refractivity contribution < 1.29 is 19.5 Å². The van der Waals surface area contributed by atoms with Gasteiger partial charge in [0.05, 0.1) is 0 Å². The van der Waals surface area contributed by atoms with E-state index in [1.54, 1.807) is 0 Å². The Bertz CT molecular complexity index is 267. The average Bonchev–Trinajstić information content (AvgIpc) is 2.30. The quantitative estimate of drug-likeness (QED) is 0.678. The molecule has 92 valence electrons. The average molecular weight is 229 g/mol. The molecule has 5 nitrogen and oxygen atoms in total. The Hall–Kier alpha value is -1.39. The number of aliphatic carboxylic acids is 1. The molecule has 1 aliphatic rings. The number of rotatable bonds is 1. The van der Waals surface area contributed by atoms with Crippen molar-refractivity contribution in [1.82, 2.24) is 4.90 Å². The lowest BCUT2D eigenvalue weighted by Crippen LogP contribution is -2.43. The van der Waals surface area contributed by atoms with E-state index in [0.717, 1.165) is 0 Å². The lowest BCUT2D eigenvalue weighted by atomic mass is 9.93. The Labute approximate surface area is 95.4 Å². The van der Waals surface area contributed by atoms with Crippen LogP contribution in [0, 0.1) is 5.92 Å². The Morgan fingerprint density at radius 2 is 1.56 bits per heavy atom. The molecule has 0 aromatic heterocycles. The second kappa shape index (κ2) is 6.98. The van der Waals surface area contributed by atoms with Crippen molar-refractivity contribution in [2.24, 2.45) is 5.92 Å². The molecule has 0 aromatic carbocycles. The van der Waals surface area contributed by atoms with Crippen LogP contribution in [0.1, 0.15) is 33.6 Å². The van der Waals surface area contributed by atoms with Gasteiger partial charge in [0, 0.05) is 19.0 Å². The summed E-state index contributed by atoms with van der Waals surface area (Å²) in [5.74, 6) is -2.18. The van der Waals surface area contributed by atoms with E-state index in [9.17, 15) is 14.4 Å². The largest absolute Gasteiger partial charge is 0.474 e. The lowest BCUT2D eigenvalue weighted by Gasteiger charge is -2.29. The highest BCUT2D eigenvalue weighted by Gasteiger charge is 2.28. The van der Waals surface area contributed by atoms with Crippen molar-refractivity contribution in [3.8, 4) is 0 Å². The molecule has 0 aromatic rings. The van der Waals surface area contributed by atoms with Crippen LogP contribution in [0.25, 0.3) is 0 Å². The topological polar surface area (TPSA) is 74.7 Å². The summed E-state index contributed by atoms with van der Waals surface area (Å²) in [4.78, 5) is 33.6. The van der Waals surface area contributed by atoms with Crippen molar-refractivity contribution in [2.45, 2.75) is 33.6 Å². The van der Waals surface area contributed by atoms with Crippen LogP contribution in [0.4, 0.5) is 0 Å². The number of carbonyl (C=O) groups excluding carboxylic acids is 2. The van der Waals surface area contributed by atoms with Crippen LogP contribution in [-0.2, 0) is 14.4 Å². The standard InChI is InChI=1S/C9H13NO4.C2H6/c1-6(11)7-2-4-10(5-3-7)8(12)9(13)14;1-2/h7H,2-5H2,1H3,(H,13,14);1-2H3. The molecular formula is C11H19NO4. The van der Waals surface area contributed by atoms with Crippen molar-refractivity contribution in [3.63, 3.8) is 0 Å². The van der Waals surface area contributed by atoms with Crippen LogP contribution >= 0.6 is 0 Å². The van der Waals surface area contributed by atoms with E-state index in [1.165, 1.54) is 11.8 Å². The summed E-state index contributed by atoms with van der Waals surface area (Å²) < 4.78 is 0. The van der Waals surface area contributed by atoms with E-state index in [0.29, 0.717) is 25.9 Å². The molecule has 0 bridgehead atoms. The van der Waals surface area contributed by atoms with Crippen LogP contribution in [-0.4, -0.2) is 40.8 Å². The van der Waals surface area contributed by atoms with Crippen LogP contribution in [0.15, 0.2) is 0 Å². The SMILES string of the molecule is CC.CC(=O)C1CCN(C(=O)C(=O)O)CC1. The number of carboxylic acid groups (broad SMARTS) is 1. The molecule has 5 heteroatoms. The van der Waals surface area contributed by atoms with Gasteiger partial charge in [-0.1, -0.05) is 13.8 Å². The molecule has 0 unspecified atom stereocenters. The summed E-state index contributed by atoms with van der Waals surface area (Å²) >= 11 is 0. The number of hydrogen-bond donors (Lipinski definition) is 1. The molecule has 0 atom stereocenters. The minimum Gasteiger partial charge on any atom is -0.474 e. The normalized spacial score (nSPS) is 16.1. The minimum absolute atomic E-state index is 0.00663. The summed E-state index contributed by atoms with van der Waals surface area (Å²) in [6.07, 6.45) is 1.16. The highest BCUT2D eigenvalue weighted by atomic mass is 16.4. The fourth-order valence-electron chi connectivity index (χ4n) is 1.62. The predicted molar refractivity (Wildman–Crippen MR) is 59.0 cm³/mol. The zero-order chi connectivity index (χ0) is 12.7. The zero-order valence-electron chi connectivity index (χ0n) is 10.0. The number of Topliss-reactive ketones (excluding diaryl/α,β-unsaturated/α-hetero) is 1. The first-order valence-corrected chi connectivity index (χ1v) is 5.55. The molecule has 1 N–H and O–H groups in total. The maximum atomic E-state index is 11.0. The maximum absolute atomic E-state index is 11.0. The minimum atomic E-state index is -1.42. The van der Waals surface area contributed by atoms with Gasteiger partial charge in [0.1, 0.15) is 5.78 Å². The molecule has 0 radical (unpaired) electrons. The molecule has 1 heterocycles. The molecule has 1 saturated heterocycles. The third kappa shape index (κ3) is 4.00. The Morgan fingerprint density at radius 3 is 1.88 bits per heavy atom. The van der Waals surface area contributed by atoms with Gasteiger partial charge in [-0.2, -0.15) is 0 Å². The van der Waals surface area contributed by atoms with Crippen molar-refractivity contribution in [3.05, 3.63) is 0 Å². The van der Waals surface area contributed by atoms with Crippen LogP contribution in [0.5, 0.6) is 0 Å². The second-order valence-corrected chi connectivity index (χ2v) is 3.48. The predicted octanol–water partition coefficient (Wildman–Crippen LogP) is 0.925. The third-order valence-corrected chi connectivity index (χ3v) is 2.54.